The topological polar surface area (TPSA) is 29.0 Å². The second-order valence-corrected chi connectivity index (χ2v) is 5.02. The summed E-state index contributed by atoms with van der Waals surface area (Å²) in [4.78, 5) is 11.0. The third kappa shape index (κ3) is 2.42. The van der Waals surface area contributed by atoms with Gasteiger partial charge in [-0.15, -0.1) is 11.6 Å². The molecule has 0 aromatic carbocycles. The van der Waals surface area contributed by atoms with Gasteiger partial charge in [0.05, 0.1) is 10.2 Å². The van der Waals surface area contributed by atoms with Crippen molar-refractivity contribution in [2.45, 2.75) is 13.3 Å². The van der Waals surface area contributed by atoms with Gasteiger partial charge in [-0.05, 0) is 35.2 Å². The zero-order valence-electron chi connectivity index (χ0n) is 8.58. The van der Waals surface area contributed by atoms with Crippen molar-refractivity contribution in [2.24, 2.45) is 5.92 Å². The number of hydrogen-bond acceptors (Lipinski definition) is 3. The molecular weight excluding hydrogens is 277 g/mol. The quantitative estimate of drug-likeness (QED) is 0.784. The molecular formula is C10H13BrClN3. The first-order valence-electron chi connectivity index (χ1n) is 5.00. The summed E-state index contributed by atoms with van der Waals surface area (Å²) >= 11 is 9.24. The fraction of sp³-hybridized carbons (Fsp3) is 0.600. The molecule has 1 aromatic heterocycles. The maximum absolute atomic E-state index is 5.84. The SMILES string of the molecule is Cc1nc(N2CCC(CCl)C2)ncc1Br. The summed E-state index contributed by atoms with van der Waals surface area (Å²) in [6.07, 6.45) is 2.95. The van der Waals surface area contributed by atoms with Crippen molar-refractivity contribution in [3.8, 4) is 0 Å². The summed E-state index contributed by atoms with van der Waals surface area (Å²) in [7, 11) is 0. The first-order chi connectivity index (χ1) is 7.20. The van der Waals surface area contributed by atoms with Crippen LogP contribution in [0.2, 0.25) is 0 Å². The van der Waals surface area contributed by atoms with Crippen molar-refractivity contribution in [3.63, 3.8) is 0 Å². The smallest absolute Gasteiger partial charge is 0.225 e. The number of rotatable bonds is 2. The van der Waals surface area contributed by atoms with Crippen LogP contribution in [0.3, 0.4) is 0 Å². The number of alkyl halides is 1. The van der Waals surface area contributed by atoms with Crippen LogP contribution in [0.15, 0.2) is 10.7 Å². The van der Waals surface area contributed by atoms with Gasteiger partial charge < -0.3 is 4.90 Å². The van der Waals surface area contributed by atoms with Crippen LogP contribution >= 0.6 is 27.5 Å². The van der Waals surface area contributed by atoms with Crippen LogP contribution < -0.4 is 4.90 Å². The molecule has 5 heteroatoms. The van der Waals surface area contributed by atoms with Gasteiger partial charge in [0.25, 0.3) is 0 Å². The highest BCUT2D eigenvalue weighted by Gasteiger charge is 2.23. The lowest BCUT2D eigenvalue weighted by atomic mass is 10.2. The lowest BCUT2D eigenvalue weighted by molar-refractivity contribution is 0.665. The lowest BCUT2D eigenvalue weighted by Gasteiger charge is -2.16. The molecule has 3 nitrogen and oxygen atoms in total. The van der Waals surface area contributed by atoms with Gasteiger partial charge in [0.1, 0.15) is 0 Å². The molecule has 0 amide bonds. The Hall–Kier alpha value is -0.350. The summed E-state index contributed by atoms with van der Waals surface area (Å²) in [5.41, 5.74) is 0.981. The minimum absolute atomic E-state index is 0.583. The molecule has 1 fully saturated rings. The van der Waals surface area contributed by atoms with Crippen LogP contribution in [0.5, 0.6) is 0 Å². The number of halogens is 2. The van der Waals surface area contributed by atoms with Crippen molar-refractivity contribution in [2.75, 3.05) is 23.9 Å². The maximum Gasteiger partial charge on any atom is 0.225 e. The summed E-state index contributed by atoms with van der Waals surface area (Å²) in [6.45, 7) is 3.97. The Morgan fingerprint density at radius 1 is 1.67 bits per heavy atom. The lowest BCUT2D eigenvalue weighted by Crippen LogP contribution is -2.22. The van der Waals surface area contributed by atoms with E-state index in [4.69, 9.17) is 11.6 Å². The third-order valence-corrected chi connectivity index (χ3v) is 3.91. The molecule has 1 atom stereocenters. The number of nitrogens with zero attached hydrogens (tertiary/aromatic N) is 3. The highest BCUT2D eigenvalue weighted by atomic mass is 79.9. The Kier molecular flexibility index (Phi) is 3.46. The molecule has 0 aliphatic carbocycles. The molecule has 1 aliphatic rings. The van der Waals surface area contributed by atoms with Gasteiger partial charge >= 0.3 is 0 Å². The normalized spacial score (nSPS) is 21.0. The number of aryl methyl sites for hydroxylation is 1. The van der Waals surface area contributed by atoms with Gasteiger partial charge in [0.2, 0.25) is 5.95 Å². The van der Waals surface area contributed by atoms with E-state index in [1.54, 1.807) is 0 Å². The fourth-order valence-electron chi connectivity index (χ4n) is 1.73. The molecule has 2 heterocycles. The van der Waals surface area contributed by atoms with Gasteiger partial charge in [-0.3, -0.25) is 0 Å². The van der Waals surface area contributed by atoms with Gasteiger partial charge in [-0.25, -0.2) is 9.97 Å². The maximum atomic E-state index is 5.84. The molecule has 1 aliphatic heterocycles. The minimum atomic E-state index is 0.583. The van der Waals surface area contributed by atoms with Crippen molar-refractivity contribution < 1.29 is 0 Å². The van der Waals surface area contributed by atoms with E-state index in [0.717, 1.165) is 41.5 Å². The van der Waals surface area contributed by atoms with Crippen molar-refractivity contribution >= 4 is 33.5 Å². The predicted octanol–water partition coefficient (Wildman–Crippen LogP) is 2.61. The van der Waals surface area contributed by atoms with E-state index in [1.807, 2.05) is 13.1 Å². The molecule has 1 unspecified atom stereocenters. The van der Waals surface area contributed by atoms with E-state index >= 15 is 0 Å². The number of aromatic nitrogens is 2. The second kappa shape index (κ2) is 4.66. The Morgan fingerprint density at radius 2 is 2.47 bits per heavy atom. The Balaban J connectivity index is 2.13. The summed E-state index contributed by atoms with van der Waals surface area (Å²) in [5.74, 6) is 2.13. The van der Waals surface area contributed by atoms with Gasteiger partial charge in [0, 0.05) is 25.2 Å². The summed E-state index contributed by atoms with van der Waals surface area (Å²) in [6, 6.07) is 0. The van der Waals surface area contributed by atoms with Crippen molar-refractivity contribution in [1.29, 1.82) is 0 Å². The van der Waals surface area contributed by atoms with Crippen molar-refractivity contribution in [3.05, 3.63) is 16.4 Å². The third-order valence-electron chi connectivity index (χ3n) is 2.69. The molecule has 1 saturated heterocycles. The average Bonchev–Trinajstić information content (AvgIpc) is 2.70. The molecule has 2 rings (SSSR count). The van der Waals surface area contributed by atoms with E-state index < -0.39 is 0 Å². The molecule has 0 spiro atoms. The van der Waals surface area contributed by atoms with Crippen LogP contribution in [-0.2, 0) is 0 Å². The van der Waals surface area contributed by atoms with Crippen LogP contribution in [0, 0.1) is 12.8 Å². The van der Waals surface area contributed by atoms with Crippen LogP contribution in [0.1, 0.15) is 12.1 Å². The van der Waals surface area contributed by atoms with E-state index in [-0.39, 0.29) is 0 Å². The van der Waals surface area contributed by atoms with Gasteiger partial charge in [0.15, 0.2) is 0 Å². The van der Waals surface area contributed by atoms with E-state index in [1.165, 1.54) is 0 Å². The first-order valence-corrected chi connectivity index (χ1v) is 6.33. The van der Waals surface area contributed by atoms with Crippen molar-refractivity contribution in [1.82, 2.24) is 9.97 Å². The van der Waals surface area contributed by atoms with Crippen LogP contribution in [0.4, 0.5) is 5.95 Å². The van der Waals surface area contributed by atoms with E-state index in [9.17, 15) is 0 Å². The number of hydrogen-bond donors (Lipinski definition) is 0. The van der Waals surface area contributed by atoms with E-state index in [2.05, 4.69) is 30.8 Å². The Labute approximate surface area is 103 Å². The predicted molar refractivity (Wildman–Crippen MR) is 65.5 cm³/mol. The average molecular weight is 291 g/mol. The molecule has 82 valence electrons. The Bertz CT molecular complexity index is 359. The summed E-state index contributed by atoms with van der Waals surface area (Å²) < 4.78 is 0.958. The zero-order chi connectivity index (χ0) is 10.8. The molecule has 0 bridgehead atoms. The standard InChI is InChI=1S/C10H13BrClN3/c1-7-9(11)5-13-10(14-7)15-3-2-8(4-12)6-15/h5,8H,2-4,6H2,1H3. The Morgan fingerprint density at radius 3 is 3.07 bits per heavy atom. The highest BCUT2D eigenvalue weighted by molar-refractivity contribution is 9.10. The van der Waals surface area contributed by atoms with Crippen LogP contribution in [0.25, 0.3) is 0 Å². The zero-order valence-corrected chi connectivity index (χ0v) is 10.9. The van der Waals surface area contributed by atoms with Gasteiger partial charge in [-0.2, -0.15) is 0 Å². The first kappa shape index (κ1) is 11.1. The van der Waals surface area contributed by atoms with Crippen LogP contribution in [-0.4, -0.2) is 28.9 Å². The minimum Gasteiger partial charge on any atom is -0.340 e. The summed E-state index contributed by atoms with van der Waals surface area (Å²) in [5, 5.41) is 0. The molecule has 0 radical (unpaired) electrons. The monoisotopic (exact) mass is 289 g/mol. The fourth-order valence-corrected chi connectivity index (χ4v) is 2.18. The van der Waals surface area contributed by atoms with Gasteiger partial charge in [-0.1, -0.05) is 0 Å². The molecule has 0 N–H and O–H groups in total. The molecule has 15 heavy (non-hydrogen) atoms. The van der Waals surface area contributed by atoms with E-state index in [0.29, 0.717) is 5.92 Å². The number of anilines is 1. The molecule has 0 saturated carbocycles. The molecule has 1 aromatic rings. The second-order valence-electron chi connectivity index (χ2n) is 3.86. The highest BCUT2D eigenvalue weighted by Crippen LogP contribution is 2.23. The largest absolute Gasteiger partial charge is 0.340 e.